The van der Waals surface area contributed by atoms with Crippen molar-refractivity contribution in [2.24, 2.45) is 0 Å². The van der Waals surface area contributed by atoms with Crippen LogP contribution in [0.4, 0.5) is 10.2 Å². The quantitative estimate of drug-likeness (QED) is 0.262. The smallest absolute Gasteiger partial charge is 0.326 e. The fraction of sp³-hybridized carbons (Fsp3) is 0.591. The minimum Gasteiger partial charge on any atom is -0.480 e. The molecule has 0 bridgehead atoms. The predicted molar refractivity (Wildman–Crippen MR) is 120 cm³/mol. The Hall–Kier alpha value is -3.30. The number of anilines is 1. The number of aromatic nitrogens is 4. The molecule has 3 rings (SSSR count). The number of unbranched alkanes of at least 4 members (excludes halogenated alkanes) is 3. The molecule has 0 saturated carbocycles. The fourth-order valence-electron chi connectivity index (χ4n) is 4.04. The van der Waals surface area contributed by atoms with Crippen LogP contribution in [0.1, 0.15) is 58.6 Å². The topological polar surface area (TPSA) is 157 Å². The van der Waals surface area contributed by atoms with Gasteiger partial charge in [0.05, 0.1) is 12.9 Å². The van der Waals surface area contributed by atoms with E-state index in [2.05, 4.69) is 20.9 Å². The molecule has 184 valence electrons. The predicted octanol–water partition coefficient (Wildman–Crippen LogP) is 1.47. The Morgan fingerprint density at radius 2 is 2.18 bits per heavy atom. The molecule has 0 radical (unpaired) electrons. The zero-order valence-corrected chi connectivity index (χ0v) is 19.1. The summed E-state index contributed by atoms with van der Waals surface area (Å²) in [5.41, 5.74) is 4.22. The van der Waals surface area contributed by atoms with Gasteiger partial charge in [0.1, 0.15) is 18.4 Å². The number of nitrogen functional groups attached to an aromatic ring is 1. The molecule has 4 atom stereocenters. The highest BCUT2D eigenvalue weighted by molar-refractivity contribution is 5.83. The number of aliphatic carboxylic acids is 1. The Morgan fingerprint density at radius 3 is 2.82 bits per heavy atom. The third kappa shape index (κ3) is 4.95. The molecule has 1 aliphatic heterocycles. The number of aliphatic hydroxyl groups is 1. The van der Waals surface area contributed by atoms with E-state index in [9.17, 15) is 24.2 Å². The van der Waals surface area contributed by atoms with Crippen LogP contribution in [0.3, 0.4) is 0 Å². The maximum Gasteiger partial charge on any atom is 0.326 e. The lowest BCUT2D eigenvalue weighted by molar-refractivity contribution is -0.154. The zero-order chi connectivity index (χ0) is 25.0. The summed E-state index contributed by atoms with van der Waals surface area (Å²) in [6.07, 6.45) is 7.39. The molecule has 1 fully saturated rings. The van der Waals surface area contributed by atoms with Crippen molar-refractivity contribution in [3.8, 4) is 12.3 Å². The summed E-state index contributed by atoms with van der Waals surface area (Å²) in [7, 11) is 0. The van der Waals surface area contributed by atoms with Gasteiger partial charge in [-0.1, -0.05) is 32.1 Å². The molecule has 34 heavy (non-hydrogen) atoms. The highest BCUT2D eigenvalue weighted by atomic mass is 19.1. The van der Waals surface area contributed by atoms with E-state index in [1.165, 1.54) is 17.8 Å². The molecule has 2 aromatic heterocycles. The van der Waals surface area contributed by atoms with E-state index < -0.39 is 41.9 Å². The van der Waals surface area contributed by atoms with Crippen LogP contribution in [0.2, 0.25) is 0 Å². The Kier molecular flexibility index (Phi) is 7.68. The number of nitrogens with zero attached hydrogens (tertiary/aromatic N) is 5. The summed E-state index contributed by atoms with van der Waals surface area (Å²) in [4.78, 5) is 37.0. The van der Waals surface area contributed by atoms with E-state index in [1.54, 1.807) is 0 Å². The molecular formula is C22H29FN6O5. The number of carboxylic acids is 1. The normalized spacial score (nSPS) is 23.0. The van der Waals surface area contributed by atoms with Crippen LogP contribution >= 0.6 is 0 Å². The van der Waals surface area contributed by atoms with Crippen molar-refractivity contribution >= 4 is 28.9 Å². The molecule has 12 heteroatoms. The summed E-state index contributed by atoms with van der Waals surface area (Å²) in [6, 6.07) is -1.19. The second kappa shape index (κ2) is 10.3. The van der Waals surface area contributed by atoms with Gasteiger partial charge in [-0.25, -0.2) is 9.78 Å². The van der Waals surface area contributed by atoms with Crippen LogP contribution in [0.25, 0.3) is 11.2 Å². The molecular weight excluding hydrogens is 447 g/mol. The first kappa shape index (κ1) is 25.3. The maximum atomic E-state index is 13.7. The van der Waals surface area contributed by atoms with Gasteiger partial charge in [0, 0.05) is 12.8 Å². The van der Waals surface area contributed by atoms with Crippen LogP contribution in [-0.4, -0.2) is 70.8 Å². The standard InChI is InChI=1S/C22H29FN6O5/c1-4-6-7-8-9-15(31)28(13(3)20(32)33)11-22(5-2)14(30)10-16(34-22)29-12-25-17-18(24)26-21(23)27-19(17)29/h2,12-14,16,30H,4,6-11H2,1,3H3,(H,32,33)(H2,24,26,27)/t13-,14-,16+,22+/m0/s1. The fourth-order valence-corrected chi connectivity index (χ4v) is 4.04. The summed E-state index contributed by atoms with van der Waals surface area (Å²) in [6.45, 7) is 3.09. The number of hydrogen-bond acceptors (Lipinski definition) is 8. The molecule has 0 spiro atoms. The molecule has 1 amide bonds. The van der Waals surface area contributed by atoms with Crippen molar-refractivity contribution in [1.29, 1.82) is 0 Å². The first-order chi connectivity index (χ1) is 16.1. The minimum atomic E-state index is -1.69. The number of rotatable bonds is 10. The van der Waals surface area contributed by atoms with Crippen molar-refractivity contribution in [3.63, 3.8) is 0 Å². The zero-order valence-electron chi connectivity index (χ0n) is 19.1. The van der Waals surface area contributed by atoms with Gasteiger partial charge in [0.2, 0.25) is 5.91 Å². The number of hydrogen-bond donors (Lipinski definition) is 3. The second-order valence-corrected chi connectivity index (χ2v) is 8.41. The number of ether oxygens (including phenoxy) is 1. The molecule has 0 aromatic carbocycles. The third-order valence-corrected chi connectivity index (χ3v) is 6.08. The summed E-state index contributed by atoms with van der Waals surface area (Å²) >= 11 is 0. The van der Waals surface area contributed by atoms with E-state index in [-0.39, 0.29) is 36.4 Å². The van der Waals surface area contributed by atoms with Crippen LogP contribution in [0.5, 0.6) is 0 Å². The average Bonchev–Trinajstić information content (AvgIpc) is 3.35. The van der Waals surface area contributed by atoms with Crippen molar-refractivity contribution < 1.29 is 28.9 Å². The van der Waals surface area contributed by atoms with Crippen molar-refractivity contribution in [2.75, 3.05) is 12.3 Å². The number of carbonyl (C=O) groups is 2. The van der Waals surface area contributed by atoms with Crippen LogP contribution < -0.4 is 5.73 Å². The summed E-state index contributed by atoms with van der Waals surface area (Å²) < 4.78 is 21.1. The van der Waals surface area contributed by atoms with E-state index in [0.717, 1.165) is 24.2 Å². The Balaban J connectivity index is 1.87. The molecule has 0 unspecified atom stereocenters. The lowest BCUT2D eigenvalue weighted by atomic mass is 9.95. The SMILES string of the molecule is C#C[C@]1(CN(C(=O)CCCCCC)[C@@H](C)C(=O)O)O[C@@H](n2cnc3c(N)nc(F)nc32)C[C@@H]1O. The van der Waals surface area contributed by atoms with E-state index in [1.807, 2.05) is 6.92 Å². The van der Waals surface area contributed by atoms with Crippen molar-refractivity contribution in [1.82, 2.24) is 24.4 Å². The maximum absolute atomic E-state index is 13.7. The summed E-state index contributed by atoms with van der Waals surface area (Å²) in [5.74, 6) is 0.667. The van der Waals surface area contributed by atoms with Gasteiger partial charge in [-0.2, -0.15) is 14.4 Å². The van der Waals surface area contributed by atoms with Gasteiger partial charge >= 0.3 is 12.0 Å². The highest BCUT2D eigenvalue weighted by Gasteiger charge is 2.50. The van der Waals surface area contributed by atoms with E-state index >= 15 is 0 Å². The number of halogens is 1. The number of fused-ring (bicyclic) bond motifs is 1. The first-order valence-corrected chi connectivity index (χ1v) is 11.1. The van der Waals surface area contributed by atoms with Crippen LogP contribution in [-0.2, 0) is 14.3 Å². The number of terminal acetylenes is 1. The molecule has 4 N–H and O–H groups in total. The molecule has 11 nitrogen and oxygen atoms in total. The Morgan fingerprint density at radius 1 is 1.44 bits per heavy atom. The highest BCUT2D eigenvalue weighted by Crippen LogP contribution is 2.39. The number of carbonyl (C=O) groups excluding carboxylic acids is 1. The van der Waals surface area contributed by atoms with E-state index in [4.69, 9.17) is 16.9 Å². The third-order valence-electron chi connectivity index (χ3n) is 6.08. The van der Waals surface area contributed by atoms with Crippen LogP contribution in [0.15, 0.2) is 6.33 Å². The summed E-state index contributed by atoms with van der Waals surface area (Å²) in [5, 5.41) is 20.4. The van der Waals surface area contributed by atoms with Crippen LogP contribution in [0, 0.1) is 18.4 Å². The average molecular weight is 477 g/mol. The number of carboxylic acid groups (broad SMARTS) is 1. The van der Waals surface area contributed by atoms with Gasteiger partial charge in [-0.15, -0.1) is 6.42 Å². The monoisotopic (exact) mass is 476 g/mol. The number of amides is 1. The van der Waals surface area contributed by atoms with Gasteiger partial charge < -0.3 is 25.6 Å². The van der Waals surface area contributed by atoms with Gasteiger partial charge in [0.25, 0.3) is 0 Å². The van der Waals surface area contributed by atoms with Gasteiger partial charge in [-0.3, -0.25) is 9.36 Å². The number of aliphatic hydroxyl groups excluding tert-OH is 1. The first-order valence-electron chi connectivity index (χ1n) is 11.1. The Labute approximate surface area is 196 Å². The van der Waals surface area contributed by atoms with Crippen molar-refractivity contribution in [3.05, 3.63) is 12.4 Å². The largest absolute Gasteiger partial charge is 0.480 e. The molecule has 3 heterocycles. The van der Waals surface area contributed by atoms with E-state index in [0.29, 0.717) is 6.42 Å². The Bertz CT molecular complexity index is 1100. The molecule has 2 aromatic rings. The van der Waals surface area contributed by atoms with Crippen molar-refractivity contribution in [2.45, 2.75) is 76.3 Å². The molecule has 0 aliphatic carbocycles. The second-order valence-electron chi connectivity index (χ2n) is 8.41. The van der Waals surface area contributed by atoms with Gasteiger partial charge in [-0.05, 0) is 13.3 Å². The lowest BCUT2D eigenvalue weighted by Gasteiger charge is -2.35. The molecule has 1 saturated heterocycles. The lowest BCUT2D eigenvalue weighted by Crippen LogP contribution is -2.54. The number of imidazole rings is 1. The minimum absolute atomic E-state index is 0.0266. The number of nitrogens with two attached hydrogens (primary N) is 1. The van der Waals surface area contributed by atoms with Gasteiger partial charge in [0.15, 0.2) is 22.6 Å². The molecule has 1 aliphatic rings.